The quantitative estimate of drug-likeness (QED) is 0.928. The zero-order valence-corrected chi connectivity index (χ0v) is 13.9. The summed E-state index contributed by atoms with van der Waals surface area (Å²) in [7, 11) is 0. The highest BCUT2D eigenvalue weighted by Crippen LogP contribution is 2.39. The lowest BCUT2D eigenvalue weighted by Gasteiger charge is -2.23. The van der Waals surface area contributed by atoms with Crippen molar-refractivity contribution in [3.8, 4) is 0 Å². The third kappa shape index (κ3) is 2.90. The standard InChI is InChI=1S/C19H26N2O2/c1-13-10-16-11-15(18(22)12-20-8-2-3-9-20)6-7-17(16)21(13)19(23)14-4-5-14/h6-7,11,13-14,18,22H,2-5,8-10,12H2,1H3/t13-,18-/m1/s1. The van der Waals surface area contributed by atoms with Crippen LogP contribution < -0.4 is 4.90 Å². The number of amides is 1. The van der Waals surface area contributed by atoms with Crippen molar-refractivity contribution in [3.63, 3.8) is 0 Å². The molecule has 4 heteroatoms. The van der Waals surface area contributed by atoms with E-state index in [-0.39, 0.29) is 12.0 Å². The molecule has 23 heavy (non-hydrogen) atoms. The summed E-state index contributed by atoms with van der Waals surface area (Å²) in [6.07, 6.45) is 5.05. The molecule has 1 aliphatic carbocycles. The lowest BCUT2D eigenvalue weighted by atomic mass is 10.0. The minimum absolute atomic E-state index is 0.240. The number of aliphatic hydroxyl groups is 1. The van der Waals surface area contributed by atoms with Crippen molar-refractivity contribution in [2.45, 2.75) is 51.2 Å². The van der Waals surface area contributed by atoms with Crippen LogP contribution in [0.4, 0.5) is 5.69 Å². The van der Waals surface area contributed by atoms with Gasteiger partial charge in [0.05, 0.1) is 6.10 Å². The number of carbonyl (C=O) groups is 1. The van der Waals surface area contributed by atoms with Gasteiger partial charge in [0.2, 0.25) is 5.91 Å². The maximum Gasteiger partial charge on any atom is 0.230 e. The van der Waals surface area contributed by atoms with Gasteiger partial charge < -0.3 is 14.9 Å². The normalized spacial score (nSPS) is 25.7. The number of benzene rings is 1. The Morgan fingerprint density at radius 3 is 2.74 bits per heavy atom. The van der Waals surface area contributed by atoms with Gasteiger partial charge in [0, 0.05) is 24.2 Å². The number of rotatable bonds is 4. The third-order valence-corrected chi connectivity index (χ3v) is 5.50. The Hall–Kier alpha value is -1.39. The van der Waals surface area contributed by atoms with Gasteiger partial charge in [-0.3, -0.25) is 4.79 Å². The number of hydrogen-bond acceptors (Lipinski definition) is 3. The molecule has 0 unspecified atom stereocenters. The van der Waals surface area contributed by atoms with Gasteiger partial charge in [-0.05, 0) is 69.3 Å². The Morgan fingerprint density at radius 1 is 1.30 bits per heavy atom. The minimum Gasteiger partial charge on any atom is -0.387 e. The molecule has 1 aromatic rings. The molecule has 0 radical (unpaired) electrons. The van der Waals surface area contributed by atoms with Crippen LogP contribution in [-0.4, -0.2) is 41.6 Å². The van der Waals surface area contributed by atoms with Crippen LogP contribution in [0.25, 0.3) is 0 Å². The highest BCUT2D eigenvalue weighted by Gasteiger charge is 2.39. The molecular weight excluding hydrogens is 288 g/mol. The minimum atomic E-state index is -0.429. The molecule has 1 amide bonds. The summed E-state index contributed by atoms with van der Waals surface area (Å²) in [6, 6.07) is 6.41. The molecule has 3 aliphatic rings. The van der Waals surface area contributed by atoms with E-state index in [4.69, 9.17) is 0 Å². The zero-order valence-electron chi connectivity index (χ0n) is 13.9. The molecule has 0 spiro atoms. The van der Waals surface area contributed by atoms with Crippen LogP contribution in [0.1, 0.15) is 49.8 Å². The summed E-state index contributed by atoms with van der Waals surface area (Å²) in [5, 5.41) is 10.5. The van der Waals surface area contributed by atoms with Crippen molar-refractivity contribution >= 4 is 11.6 Å². The summed E-state index contributed by atoms with van der Waals surface area (Å²) in [5.41, 5.74) is 3.26. The van der Waals surface area contributed by atoms with Gasteiger partial charge in [-0.25, -0.2) is 0 Å². The molecule has 1 saturated carbocycles. The van der Waals surface area contributed by atoms with Crippen LogP contribution in [0.15, 0.2) is 18.2 Å². The van der Waals surface area contributed by atoms with E-state index in [1.165, 1.54) is 18.4 Å². The first-order chi connectivity index (χ1) is 11.1. The number of carbonyl (C=O) groups excluding carboxylic acids is 1. The second-order valence-corrected chi connectivity index (χ2v) is 7.45. The van der Waals surface area contributed by atoms with Crippen LogP contribution in [0.5, 0.6) is 0 Å². The number of nitrogens with zero attached hydrogens (tertiary/aromatic N) is 2. The topological polar surface area (TPSA) is 43.8 Å². The molecule has 1 saturated heterocycles. The van der Waals surface area contributed by atoms with Crippen LogP contribution >= 0.6 is 0 Å². The molecule has 0 aromatic heterocycles. The van der Waals surface area contributed by atoms with E-state index in [0.717, 1.165) is 50.1 Å². The van der Waals surface area contributed by atoms with Crippen molar-refractivity contribution in [1.82, 2.24) is 4.90 Å². The van der Waals surface area contributed by atoms with E-state index in [1.54, 1.807) is 0 Å². The largest absolute Gasteiger partial charge is 0.387 e. The second kappa shape index (κ2) is 5.91. The predicted molar refractivity (Wildman–Crippen MR) is 90.5 cm³/mol. The maximum absolute atomic E-state index is 12.5. The highest BCUT2D eigenvalue weighted by molar-refractivity contribution is 5.98. The van der Waals surface area contributed by atoms with E-state index >= 15 is 0 Å². The third-order valence-electron chi connectivity index (χ3n) is 5.50. The van der Waals surface area contributed by atoms with Gasteiger partial charge in [-0.2, -0.15) is 0 Å². The van der Waals surface area contributed by atoms with Crippen LogP contribution in [0, 0.1) is 5.92 Å². The van der Waals surface area contributed by atoms with Crippen LogP contribution in [-0.2, 0) is 11.2 Å². The van der Waals surface area contributed by atoms with Gasteiger partial charge in [-0.1, -0.05) is 12.1 Å². The summed E-state index contributed by atoms with van der Waals surface area (Å²) in [5.74, 6) is 0.547. The van der Waals surface area contributed by atoms with Gasteiger partial charge in [0.1, 0.15) is 0 Å². The van der Waals surface area contributed by atoms with E-state index in [1.807, 2.05) is 17.0 Å². The van der Waals surface area contributed by atoms with E-state index in [0.29, 0.717) is 5.91 Å². The maximum atomic E-state index is 12.5. The predicted octanol–water partition coefficient (Wildman–Crippen LogP) is 2.50. The molecule has 2 aliphatic heterocycles. The first-order valence-electron chi connectivity index (χ1n) is 9.00. The average Bonchev–Trinajstić information content (AvgIpc) is 3.17. The Balaban J connectivity index is 1.52. The van der Waals surface area contributed by atoms with Gasteiger partial charge in [0.25, 0.3) is 0 Å². The lowest BCUT2D eigenvalue weighted by molar-refractivity contribution is -0.120. The monoisotopic (exact) mass is 314 g/mol. The Labute approximate surface area is 138 Å². The van der Waals surface area contributed by atoms with Gasteiger partial charge >= 0.3 is 0 Å². The van der Waals surface area contributed by atoms with Crippen molar-refractivity contribution in [2.24, 2.45) is 5.92 Å². The first-order valence-corrected chi connectivity index (χ1v) is 9.00. The van der Waals surface area contributed by atoms with Crippen LogP contribution in [0.2, 0.25) is 0 Å². The number of hydrogen-bond donors (Lipinski definition) is 1. The van der Waals surface area contributed by atoms with Gasteiger partial charge in [-0.15, -0.1) is 0 Å². The summed E-state index contributed by atoms with van der Waals surface area (Å²) >= 11 is 0. The number of fused-ring (bicyclic) bond motifs is 1. The summed E-state index contributed by atoms with van der Waals surface area (Å²) < 4.78 is 0. The van der Waals surface area contributed by atoms with Crippen molar-refractivity contribution in [1.29, 1.82) is 0 Å². The highest BCUT2D eigenvalue weighted by atomic mass is 16.3. The lowest BCUT2D eigenvalue weighted by Crippen LogP contribution is -2.36. The average molecular weight is 314 g/mol. The number of anilines is 1. The molecule has 2 heterocycles. The summed E-state index contributed by atoms with van der Waals surface area (Å²) in [4.78, 5) is 16.8. The Kier molecular flexibility index (Phi) is 3.90. The first kappa shape index (κ1) is 15.2. The SMILES string of the molecule is C[C@@H]1Cc2cc([C@H](O)CN3CCCC3)ccc2N1C(=O)C1CC1. The molecule has 1 N–H and O–H groups in total. The second-order valence-electron chi connectivity index (χ2n) is 7.45. The van der Waals surface area contributed by atoms with Crippen LogP contribution in [0.3, 0.4) is 0 Å². The number of aliphatic hydroxyl groups excluding tert-OH is 1. The van der Waals surface area contributed by atoms with Crippen molar-refractivity contribution in [3.05, 3.63) is 29.3 Å². The van der Waals surface area contributed by atoms with Crippen molar-refractivity contribution in [2.75, 3.05) is 24.5 Å². The Morgan fingerprint density at radius 2 is 2.04 bits per heavy atom. The van der Waals surface area contributed by atoms with Gasteiger partial charge in [0.15, 0.2) is 0 Å². The molecule has 2 fully saturated rings. The van der Waals surface area contributed by atoms with Crippen molar-refractivity contribution < 1.29 is 9.90 Å². The smallest absolute Gasteiger partial charge is 0.230 e. The number of β-amino-alcohol motifs (C(OH)–C–C–N with tert-alkyl or cyclic N) is 1. The fourth-order valence-corrected chi connectivity index (χ4v) is 4.04. The molecule has 2 atom stereocenters. The molecule has 4 nitrogen and oxygen atoms in total. The molecule has 124 valence electrons. The molecular formula is C19H26N2O2. The Bertz CT molecular complexity index is 605. The fraction of sp³-hybridized carbons (Fsp3) is 0.632. The molecule has 4 rings (SSSR count). The van der Waals surface area contributed by atoms with E-state index in [2.05, 4.69) is 17.9 Å². The van der Waals surface area contributed by atoms with E-state index in [9.17, 15) is 9.90 Å². The fourth-order valence-electron chi connectivity index (χ4n) is 4.04. The molecule has 0 bridgehead atoms. The number of likely N-dealkylation sites (tertiary alicyclic amines) is 1. The summed E-state index contributed by atoms with van der Waals surface area (Å²) in [6.45, 7) is 5.05. The van der Waals surface area contributed by atoms with E-state index < -0.39 is 6.10 Å². The zero-order chi connectivity index (χ0) is 16.0. The molecule has 1 aromatic carbocycles.